The highest BCUT2D eigenvalue weighted by molar-refractivity contribution is 8.00. The van der Waals surface area contributed by atoms with Crippen LogP contribution in [0.5, 0.6) is 11.5 Å². The predicted molar refractivity (Wildman–Crippen MR) is 107 cm³/mol. The van der Waals surface area contributed by atoms with Crippen LogP contribution in [-0.4, -0.2) is 4.98 Å². The van der Waals surface area contributed by atoms with Gasteiger partial charge in [-0.15, -0.1) is 0 Å². The molecule has 26 heavy (non-hydrogen) atoms. The van der Waals surface area contributed by atoms with E-state index in [2.05, 4.69) is 21.2 Å². The molecule has 0 fully saturated rings. The largest absolute Gasteiger partial charge is 0.457 e. The lowest BCUT2D eigenvalue weighted by atomic mass is 10.2. The van der Waals surface area contributed by atoms with E-state index in [-0.39, 0.29) is 5.82 Å². The van der Waals surface area contributed by atoms with Crippen LogP contribution in [0.15, 0.2) is 70.3 Å². The van der Waals surface area contributed by atoms with Crippen molar-refractivity contribution in [3.63, 3.8) is 0 Å². The molecule has 4 aromatic rings. The molecule has 0 unspecified atom stereocenters. The summed E-state index contributed by atoms with van der Waals surface area (Å²) in [4.78, 5) is 5.60. The minimum absolute atomic E-state index is 0.307. The Kier molecular flexibility index (Phi) is 4.77. The molecule has 4 rings (SSSR count). The average Bonchev–Trinajstić information content (AvgIpc) is 3.15. The summed E-state index contributed by atoms with van der Waals surface area (Å²) >= 11 is 3.23. The molecule has 0 aliphatic rings. The minimum atomic E-state index is -0.307. The molecule has 0 spiro atoms. The van der Waals surface area contributed by atoms with Gasteiger partial charge in [0, 0.05) is 33.1 Å². The maximum atomic E-state index is 13.6. The van der Waals surface area contributed by atoms with Gasteiger partial charge in [-0.05, 0) is 72.8 Å². The zero-order valence-electron chi connectivity index (χ0n) is 13.9. The second-order valence-corrected chi connectivity index (χ2v) is 7.37. The molecule has 0 aliphatic carbocycles. The van der Waals surface area contributed by atoms with E-state index in [4.69, 9.17) is 4.74 Å². The van der Waals surface area contributed by atoms with Gasteiger partial charge in [0.2, 0.25) is 0 Å². The number of hydrogen-bond acceptors (Lipinski definition) is 5. The SMILES string of the molecule is Cc1cc(Oc2ccc(NSc3ccsc3)cc2)c2cc(F)ccc2n1. The van der Waals surface area contributed by atoms with Gasteiger partial charge in [-0.1, -0.05) is 0 Å². The van der Waals surface area contributed by atoms with E-state index in [1.165, 1.54) is 17.0 Å². The van der Waals surface area contributed by atoms with Gasteiger partial charge in [0.15, 0.2) is 0 Å². The molecule has 0 saturated heterocycles. The number of nitrogens with one attached hydrogen (secondary N) is 1. The lowest BCUT2D eigenvalue weighted by Gasteiger charge is -2.11. The van der Waals surface area contributed by atoms with Crippen molar-refractivity contribution in [2.45, 2.75) is 11.8 Å². The zero-order chi connectivity index (χ0) is 17.9. The maximum Gasteiger partial charge on any atom is 0.138 e. The summed E-state index contributed by atoms with van der Waals surface area (Å²) in [5, 5.41) is 4.79. The van der Waals surface area contributed by atoms with Crippen LogP contribution in [0.3, 0.4) is 0 Å². The average molecular weight is 382 g/mol. The highest BCUT2D eigenvalue weighted by Crippen LogP contribution is 2.31. The van der Waals surface area contributed by atoms with Crippen LogP contribution >= 0.6 is 23.3 Å². The molecule has 0 saturated carbocycles. The smallest absolute Gasteiger partial charge is 0.138 e. The first-order valence-corrected chi connectivity index (χ1v) is 9.73. The highest BCUT2D eigenvalue weighted by atomic mass is 32.2. The Hall–Kier alpha value is -2.57. The Balaban J connectivity index is 1.54. The zero-order valence-corrected chi connectivity index (χ0v) is 15.5. The first-order valence-electron chi connectivity index (χ1n) is 7.97. The molecular weight excluding hydrogens is 367 g/mol. The predicted octanol–water partition coefficient (Wildman–Crippen LogP) is 6.66. The third kappa shape index (κ3) is 3.81. The van der Waals surface area contributed by atoms with Crippen LogP contribution in [0.25, 0.3) is 10.9 Å². The van der Waals surface area contributed by atoms with Crippen LogP contribution in [-0.2, 0) is 0 Å². The Morgan fingerprint density at radius 1 is 1.08 bits per heavy atom. The Labute approximate surface area is 159 Å². The molecule has 3 nitrogen and oxygen atoms in total. The first-order chi connectivity index (χ1) is 12.7. The highest BCUT2D eigenvalue weighted by Gasteiger charge is 2.08. The minimum Gasteiger partial charge on any atom is -0.457 e. The fourth-order valence-electron chi connectivity index (χ4n) is 2.52. The number of benzene rings is 2. The molecule has 2 heterocycles. The van der Waals surface area contributed by atoms with E-state index in [1.807, 2.05) is 42.6 Å². The van der Waals surface area contributed by atoms with Crippen molar-refractivity contribution in [1.29, 1.82) is 0 Å². The molecular formula is C20H15FN2OS2. The molecule has 0 amide bonds. The van der Waals surface area contributed by atoms with Gasteiger partial charge >= 0.3 is 0 Å². The number of aryl methyl sites for hydroxylation is 1. The van der Waals surface area contributed by atoms with Crippen molar-refractivity contribution >= 4 is 39.9 Å². The van der Waals surface area contributed by atoms with Gasteiger partial charge in [0.1, 0.15) is 17.3 Å². The molecule has 130 valence electrons. The molecule has 0 radical (unpaired) electrons. The van der Waals surface area contributed by atoms with Crippen LogP contribution < -0.4 is 9.46 Å². The number of rotatable bonds is 5. The molecule has 2 aromatic carbocycles. The molecule has 1 N–H and O–H groups in total. The summed E-state index contributed by atoms with van der Waals surface area (Å²) < 4.78 is 22.9. The lowest BCUT2D eigenvalue weighted by Crippen LogP contribution is -1.92. The number of nitrogens with zero attached hydrogens (tertiary/aromatic N) is 1. The quantitative estimate of drug-likeness (QED) is 0.392. The van der Waals surface area contributed by atoms with E-state index in [0.717, 1.165) is 11.4 Å². The van der Waals surface area contributed by atoms with Crippen molar-refractivity contribution in [3.8, 4) is 11.5 Å². The normalized spacial score (nSPS) is 10.8. The third-order valence-corrected chi connectivity index (χ3v) is 5.38. The van der Waals surface area contributed by atoms with E-state index < -0.39 is 0 Å². The second-order valence-electron chi connectivity index (χ2n) is 5.71. The van der Waals surface area contributed by atoms with Gasteiger partial charge in [0.05, 0.1) is 5.52 Å². The number of aromatic nitrogens is 1. The van der Waals surface area contributed by atoms with E-state index >= 15 is 0 Å². The second kappa shape index (κ2) is 7.35. The standard InChI is InChI=1S/C20H15FN2OS2/c1-13-10-20(18-11-14(21)2-7-19(18)22-13)24-16-5-3-15(4-6-16)23-26-17-8-9-25-12-17/h2-12,23H,1H3. The number of hydrogen-bond donors (Lipinski definition) is 1. The number of pyridine rings is 1. The van der Waals surface area contributed by atoms with Gasteiger partial charge in [0.25, 0.3) is 0 Å². The number of halogens is 1. The van der Waals surface area contributed by atoms with Crippen molar-refractivity contribution in [1.82, 2.24) is 4.98 Å². The van der Waals surface area contributed by atoms with E-state index in [9.17, 15) is 4.39 Å². The molecule has 0 bridgehead atoms. The summed E-state index contributed by atoms with van der Waals surface area (Å²) in [5.74, 6) is 0.977. The van der Waals surface area contributed by atoms with E-state index in [1.54, 1.807) is 29.4 Å². The topological polar surface area (TPSA) is 34.1 Å². The first kappa shape index (κ1) is 16.9. The monoisotopic (exact) mass is 382 g/mol. The summed E-state index contributed by atoms with van der Waals surface area (Å²) in [7, 11) is 0. The van der Waals surface area contributed by atoms with Crippen LogP contribution in [0.4, 0.5) is 10.1 Å². The van der Waals surface area contributed by atoms with Crippen molar-refractivity contribution in [2.75, 3.05) is 4.72 Å². The van der Waals surface area contributed by atoms with Crippen molar-refractivity contribution in [2.24, 2.45) is 0 Å². The van der Waals surface area contributed by atoms with Gasteiger partial charge in [-0.3, -0.25) is 4.98 Å². The van der Waals surface area contributed by atoms with Gasteiger partial charge in [-0.2, -0.15) is 11.3 Å². The van der Waals surface area contributed by atoms with Crippen molar-refractivity contribution < 1.29 is 9.13 Å². The Morgan fingerprint density at radius 3 is 2.69 bits per heavy atom. The Morgan fingerprint density at radius 2 is 1.92 bits per heavy atom. The fraction of sp³-hybridized carbons (Fsp3) is 0.0500. The molecule has 2 aromatic heterocycles. The number of fused-ring (bicyclic) bond motifs is 1. The summed E-state index contributed by atoms with van der Waals surface area (Å²) in [5.41, 5.74) is 2.52. The van der Waals surface area contributed by atoms with Crippen LogP contribution in [0, 0.1) is 12.7 Å². The molecule has 6 heteroatoms. The summed E-state index contributed by atoms with van der Waals surface area (Å²) in [6, 6.07) is 16.1. The van der Waals surface area contributed by atoms with Crippen LogP contribution in [0.2, 0.25) is 0 Å². The molecule has 0 aliphatic heterocycles. The lowest BCUT2D eigenvalue weighted by molar-refractivity contribution is 0.487. The van der Waals surface area contributed by atoms with Gasteiger partial charge in [-0.25, -0.2) is 4.39 Å². The van der Waals surface area contributed by atoms with Crippen molar-refractivity contribution in [3.05, 3.63) is 76.9 Å². The van der Waals surface area contributed by atoms with Gasteiger partial charge < -0.3 is 9.46 Å². The third-order valence-electron chi connectivity index (χ3n) is 3.72. The fourth-order valence-corrected chi connectivity index (χ4v) is 3.99. The van der Waals surface area contributed by atoms with E-state index in [0.29, 0.717) is 22.4 Å². The van der Waals surface area contributed by atoms with Crippen LogP contribution in [0.1, 0.15) is 5.69 Å². The number of anilines is 1. The maximum absolute atomic E-state index is 13.6. The summed E-state index contributed by atoms with van der Waals surface area (Å²) in [6.45, 7) is 1.89. The molecule has 0 atom stereocenters. The number of ether oxygens (including phenoxy) is 1. The Bertz CT molecular complexity index is 1030. The summed E-state index contributed by atoms with van der Waals surface area (Å²) in [6.07, 6.45) is 0. The number of thiophene rings is 1.